The van der Waals surface area contributed by atoms with E-state index in [1.54, 1.807) is 0 Å². The van der Waals surface area contributed by atoms with Crippen LogP contribution in [0.25, 0.3) is 77.6 Å². The average molecular weight is 784 g/mol. The van der Waals surface area contributed by atoms with Crippen molar-refractivity contribution in [2.24, 2.45) is 0 Å². The Kier molecular flexibility index (Phi) is 8.83. The Labute approximate surface area is 358 Å². The molecule has 1 aromatic heterocycles. The van der Waals surface area contributed by atoms with Crippen LogP contribution in [-0.2, 0) is 11.8 Å². The molecule has 2 heteroatoms. The van der Waals surface area contributed by atoms with Crippen LogP contribution in [0.5, 0.6) is 0 Å². The Morgan fingerprint density at radius 2 is 0.918 bits per heavy atom. The second-order valence-corrected chi connectivity index (χ2v) is 17.2. The van der Waals surface area contributed by atoms with Gasteiger partial charge in [-0.05, 0) is 85.3 Å². The molecule has 0 bridgehead atoms. The van der Waals surface area contributed by atoms with Crippen molar-refractivity contribution < 1.29 is 4.42 Å². The zero-order chi connectivity index (χ0) is 41.1. The van der Waals surface area contributed by atoms with Crippen molar-refractivity contribution in [2.75, 3.05) is 4.90 Å². The first-order valence-corrected chi connectivity index (χ1v) is 21.3. The van der Waals surface area contributed by atoms with E-state index < -0.39 is 0 Å². The Balaban J connectivity index is 1.36. The van der Waals surface area contributed by atoms with Gasteiger partial charge in [0, 0.05) is 33.9 Å². The molecule has 0 fully saturated rings. The molecule has 0 spiro atoms. The summed E-state index contributed by atoms with van der Waals surface area (Å²) in [6, 6.07) is 75.0. The fourth-order valence-corrected chi connectivity index (χ4v) is 9.94. The van der Waals surface area contributed by atoms with Crippen molar-refractivity contribution >= 4 is 39.0 Å². The van der Waals surface area contributed by atoms with E-state index in [0.717, 1.165) is 56.4 Å². The predicted octanol–water partition coefficient (Wildman–Crippen LogP) is 16.6. The number of furan rings is 1. The van der Waals surface area contributed by atoms with Gasteiger partial charge in [-0.2, -0.15) is 0 Å². The number of para-hydroxylation sites is 3. The molecule has 1 aliphatic carbocycles. The summed E-state index contributed by atoms with van der Waals surface area (Å²) in [7, 11) is 0. The summed E-state index contributed by atoms with van der Waals surface area (Å²) in [6.07, 6.45) is 0.812. The predicted molar refractivity (Wildman–Crippen MR) is 257 cm³/mol. The third-order valence-electron chi connectivity index (χ3n) is 12.4. The largest absolute Gasteiger partial charge is 0.456 e. The lowest BCUT2D eigenvalue weighted by Crippen LogP contribution is -2.20. The fourth-order valence-electron chi connectivity index (χ4n) is 9.94. The Morgan fingerprint density at radius 1 is 0.410 bits per heavy atom. The van der Waals surface area contributed by atoms with E-state index in [1.807, 2.05) is 0 Å². The minimum absolute atomic E-state index is 0.197. The average Bonchev–Trinajstić information content (AvgIpc) is 3.89. The van der Waals surface area contributed by atoms with E-state index in [4.69, 9.17) is 4.42 Å². The summed E-state index contributed by atoms with van der Waals surface area (Å²) in [5.74, 6) is 0. The lowest BCUT2D eigenvalue weighted by molar-refractivity contribution is 0.593. The van der Waals surface area contributed by atoms with Crippen LogP contribution in [0.4, 0.5) is 17.1 Å². The smallest absolute Gasteiger partial charge is 0.136 e. The highest BCUT2D eigenvalue weighted by molar-refractivity contribution is 6.15. The molecule has 11 rings (SSSR count). The molecule has 1 aliphatic rings. The molecule has 0 unspecified atom stereocenters. The lowest BCUT2D eigenvalue weighted by Gasteiger charge is -2.37. The lowest BCUT2D eigenvalue weighted by atomic mass is 9.73. The summed E-state index contributed by atoms with van der Waals surface area (Å²) in [6.45, 7) is 7.16. The molecular weight excluding hydrogens is 739 g/mol. The van der Waals surface area contributed by atoms with E-state index in [2.05, 4.69) is 232 Å². The first-order valence-electron chi connectivity index (χ1n) is 21.3. The van der Waals surface area contributed by atoms with Crippen LogP contribution < -0.4 is 4.90 Å². The first-order chi connectivity index (χ1) is 30.0. The van der Waals surface area contributed by atoms with Crippen molar-refractivity contribution in [2.45, 2.75) is 32.6 Å². The number of hydrogen-bond acceptors (Lipinski definition) is 2. The Hall–Kier alpha value is -7.42. The summed E-state index contributed by atoms with van der Waals surface area (Å²) < 4.78 is 6.53. The number of anilines is 3. The molecule has 9 aromatic carbocycles. The number of benzene rings is 9. The minimum Gasteiger partial charge on any atom is -0.456 e. The summed E-state index contributed by atoms with van der Waals surface area (Å²) in [5, 5.41) is 2.23. The molecule has 10 aromatic rings. The van der Waals surface area contributed by atoms with Gasteiger partial charge in [-0.25, -0.2) is 0 Å². The molecule has 0 saturated carbocycles. The standard InChI is InChI=1S/C59H45NO/c1-59(2,3)57-53(40-24-9-5-10-25-40)54(41-26-11-6-12-27-41)58(48-38-42-28-13-14-30-44(42)56(48)57)60(49-34-18-15-29-43(49)39-22-7-4-8-23-39)50-35-19-16-31-45(50)46-33-21-37-52-55(46)47-32-17-20-36-51(47)61-52/h4-37H,38H2,1-3H3. The van der Waals surface area contributed by atoms with Gasteiger partial charge < -0.3 is 9.32 Å². The van der Waals surface area contributed by atoms with E-state index in [0.29, 0.717) is 0 Å². The molecular formula is C59H45NO. The second kappa shape index (κ2) is 14.7. The maximum Gasteiger partial charge on any atom is 0.136 e. The van der Waals surface area contributed by atoms with Crippen LogP contribution in [0.15, 0.2) is 211 Å². The zero-order valence-corrected chi connectivity index (χ0v) is 34.7. The minimum atomic E-state index is -0.197. The molecule has 0 saturated heterocycles. The van der Waals surface area contributed by atoms with Crippen molar-refractivity contribution in [3.63, 3.8) is 0 Å². The zero-order valence-electron chi connectivity index (χ0n) is 34.7. The molecule has 292 valence electrons. The monoisotopic (exact) mass is 783 g/mol. The highest BCUT2D eigenvalue weighted by Crippen LogP contribution is 2.59. The summed E-state index contributed by atoms with van der Waals surface area (Å²) in [4.78, 5) is 2.62. The molecule has 0 radical (unpaired) electrons. The quantitative estimate of drug-likeness (QED) is 0.160. The number of fused-ring (bicyclic) bond motifs is 6. The molecule has 0 atom stereocenters. The fraction of sp³-hybridized carbons (Fsp3) is 0.0847. The number of rotatable bonds is 7. The van der Waals surface area contributed by atoms with Crippen LogP contribution in [0.2, 0.25) is 0 Å². The van der Waals surface area contributed by atoms with Gasteiger partial charge in [-0.15, -0.1) is 0 Å². The van der Waals surface area contributed by atoms with Gasteiger partial charge in [0.1, 0.15) is 11.2 Å². The van der Waals surface area contributed by atoms with Crippen molar-refractivity contribution in [1.82, 2.24) is 0 Å². The van der Waals surface area contributed by atoms with Gasteiger partial charge in [0.05, 0.1) is 17.1 Å². The van der Waals surface area contributed by atoms with Gasteiger partial charge in [0.2, 0.25) is 0 Å². The van der Waals surface area contributed by atoms with Crippen molar-refractivity contribution in [3.8, 4) is 55.6 Å². The van der Waals surface area contributed by atoms with Gasteiger partial charge >= 0.3 is 0 Å². The van der Waals surface area contributed by atoms with E-state index in [1.165, 1.54) is 61.3 Å². The van der Waals surface area contributed by atoms with Crippen LogP contribution >= 0.6 is 0 Å². The molecule has 0 amide bonds. The molecule has 2 nitrogen and oxygen atoms in total. The van der Waals surface area contributed by atoms with E-state index >= 15 is 0 Å². The Morgan fingerprint density at radius 3 is 1.61 bits per heavy atom. The molecule has 0 aliphatic heterocycles. The number of hydrogen-bond donors (Lipinski definition) is 0. The molecule has 61 heavy (non-hydrogen) atoms. The first kappa shape index (κ1) is 36.6. The van der Waals surface area contributed by atoms with Crippen LogP contribution in [0, 0.1) is 0 Å². The molecule has 1 heterocycles. The van der Waals surface area contributed by atoms with Gasteiger partial charge in [-0.1, -0.05) is 203 Å². The normalized spacial score (nSPS) is 12.1. The van der Waals surface area contributed by atoms with Gasteiger partial charge in [-0.3, -0.25) is 0 Å². The van der Waals surface area contributed by atoms with Crippen LogP contribution in [-0.4, -0.2) is 0 Å². The summed E-state index contributed by atoms with van der Waals surface area (Å²) in [5.41, 5.74) is 21.2. The van der Waals surface area contributed by atoms with Crippen molar-refractivity contribution in [1.29, 1.82) is 0 Å². The highest BCUT2D eigenvalue weighted by atomic mass is 16.3. The molecule has 0 N–H and O–H groups in total. The SMILES string of the molecule is CC(C)(C)c1c2c(c(N(c3ccccc3-c3ccccc3)c3ccccc3-c3cccc4oc5ccccc5c34)c(-c3ccccc3)c1-c1ccccc1)Cc1ccccc1-2. The van der Waals surface area contributed by atoms with Crippen molar-refractivity contribution in [3.05, 3.63) is 223 Å². The van der Waals surface area contributed by atoms with Gasteiger partial charge in [0.25, 0.3) is 0 Å². The van der Waals surface area contributed by atoms with Crippen LogP contribution in [0.1, 0.15) is 37.5 Å². The summed E-state index contributed by atoms with van der Waals surface area (Å²) >= 11 is 0. The van der Waals surface area contributed by atoms with Crippen LogP contribution in [0.3, 0.4) is 0 Å². The van der Waals surface area contributed by atoms with E-state index in [9.17, 15) is 0 Å². The maximum atomic E-state index is 6.53. The third kappa shape index (κ3) is 6.09. The third-order valence-corrected chi connectivity index (χ3v) is 12.4. The highest BCUT2D eigenvalue weighted by Gasteiger charge is 2.38. The van der Waals surface area contributed by atoms with Gasteiger partial charge in [0.15, 0.2) is 0 Å². The second-order valence-electron chi connectivity index (χ2n) is 17.2. The van der Waals surface area contributed by atoms with E-state index in [-0.39, 0.29) is 5.41 Å². The topological polar surface area (TPSA) is 16.4 Å². The Bertz CT molecular complexity index is 3240. The maximum absolute atomic E-state index is 6.53. The number of nitrogens with zero attached hydrogens (tertiary/aromatic N) is 1.